The van der Waals surface area contributed by atoms with Crippen molar-refractivity contribution in [3.8, 4) is 11.5 Å². The number of rotatable bonds is 8. The van der Waals surface area contributed by atoms with E-state index in [2.05, 4.69) is 15.5 Å². The van der Waals surface area contributed by atoms with Gasteiger partial charge in [0.25, 0.3) is 0 Å². The highest BCUT2D eigenvalue weighted by atomic mass is 16.3. The quantitative estimate of drug-likeness (QED) is 0.638. The van der Waals surface area contributed by atoms with Crippen LogP contribution in [0.4, 0.5) is 0 Å². The number of hydrogen-bond donors (Lipinski definition) is 3. The van der Waals surface area contributed by atoms with E-state index in [9.17, 15) is 0 Å². The molecule has 0 amide bonds. The van der Waals surface area contributed by atoms with Gasteiger partial charge in [-0.05, 0) is 44.9 Å². The number of hydrogen-bond acceptors (Lipinski definition) is 4. The first-order valence-electron chi connectivity index (χ1n) is 6.72. The minimum absolute atomic E-state index is 0.281. The first-order valence-corrected chi connectivity index (χ1v) is 6.72. The summed E-state index contributed by atoms with van der Waals surface area (Å²) >= 11 is 0. The zero-order chi connectivity index (χ0) is 13.5. The van der Waals surface area contributed by atoms with Crippen LogP contribution in [0.2, 0.25) is 0 Å². The molecule has 19 heavy (non-hydrogen) atoms. The van der Waals surface area contributed by atoms with E-state index < -0.39 is 0 Å². The molecule has 0 spiro atoms. The van der Waals surface area contributed by atoms with Gasteiger partial charge in [0.05, 0.1) is 6.20 Å². The SMILES string of the molecule is Cc1ccc(-c2[nH]ncc2CNCCCCCO)o1. The average Bonchev–Trinajstić information content (AvgIpc) is 3.02. The first kappa shape index (κ1) is 13.8. The van der Waals surface area contributed by atoms with Gasteiger partial charge in [0.2, 0.25) is 0 Å². The predicted molar refractivity (Wildman–Crippen MR) is 73.7 cm³/mol. The van der Waals surface area contributed by atoms with Gasteiger partial charge in [0.15, 0.2) is 5.76 Å². The Balaban J connectivity index is 1.83. The summed E-state index contributed by atoms with van der Waals surface area (Å²) in [6.07, 6.45) is 4.84. The molecule has 3 N–H and O–H groups in total. The molecule has 104 valence electrons. The third-order valence-electron chi connectivity index (χ3n) is 3.03. The standard InChI is InChI=1S/C14H21N3O2/c1-11-5-6-13(19-11)14-12(10-16-17-14)9-15-7-3-2-4-8-18/h5-6,10,15,18H,2-4,7-9H2,1H3,(H,16,17). The van der Waals surface area contributed by atoms with Crippen LogP contribution in [0, 0.1) is 6.92 Å². The highest BCUT2D eigenvalue weighted by molar-refractivity contribution is 5.56. The van der Waals surface area contributed by atoms with Gasteiger partial charge in [-0.2, -0.15) is 5.10 Å². The number of aromatic amines is 1. The fourth-order valence-corrected chi connectivity index (χ4v) is 1.99. The fourth-order valence-electron chi connectivity index (χ4n) is 1.99. The summed E-state index contributed by atoms with van der Waals surface area (Å²) in [5.41, 5.74) is 2.05. The van der Waals surface area contributed by atoms with Crippen LogP contribution in [0.15, 0.2) is 22.7 Å². The van der Waals surface area contributed by atoms with Gasteiger partial charge in [-0.3, -0.25) is 5.10 Å². The molecule has 0 aliphatic carbocycles. The van der Waals surface area contributed by atoms with Crippen molar-refractivity contribution in [2.45, 2.75) is 32.7 Å². The molecule has 0 aromatic carbocycles. The van der Waals surface area contributed by atoms with Gasteiger partial charge in [0, 0.05) is 18.7 Å². The molecule has 0 aliphatic rings. The summed E-state index contributed by atoms with van der Waals surface area (Å²) in [7, 11) is 0. The molecule has 0 atom stereocenters. The zero-order valence-corrected chi connectivity index (χ0v) is 11.3. The Hall–Kier alpha value is -1.59. The van der Waals surface area contributed by atoms with Crippen LogP contribution in [0.5, 0.6) is 0 Å². The Kier molecular flexibility index (Phi) is 5.18. The van der Waals surface area contributed by atoms with E-state index in [0.29, 0.717) is 0 Å². The van der Waals surface area contributed by atoms with Gasteiger partial charge in [0.1, 0.15) is 11.5 Å². The van der Waals surface area contributed by atoms with Crippen molar-refractivity contribution in [3.05, 3.63) is 29.7 Å². The van der Waals surface area contributed by atoms with Crippen molar-refractivity contribution in [1.29, 1.82) is 0 Å². The van der Waals surface area contributed by atoms with Crippen LogP contribution in [0.25, 0.3) is 11.5 Å². The molecule has 0 bridgehead atoms. The molecule has 0 unspecified atom stereocenters. The lowest BCUT2D eigenvalue weighted by Gasteiger charge is -2.04. The van der Waals surface area contributed by atoms with Gasteiger partial charge in [-0.15, -0.1) is 0 Å². The van der Waals surface area contributed by atoms with Crippen LogP contribution in [0.3, 0.4) is 0 Å². The summed E-state index contributed by atoms with van der Waals surface area (Å²) < 4.78 is 5.60. The van der Waals surface area contributed by atoms with Crippen LogP contribution in [0.1, 0.15) is 30.6 Å². The monoisotopic (exact) mass is 263 g/mol. The van der Waals surface area contributed by atoms with Crippen LogP contribution < -0.4 is 5.32 Å². The molecular formula is C14H21N3O2. The number of aliphatic hydroxyl groups is 1. The fraction of sp³-hybridized carbons (Fsp3) is 0.500. The van der Waals surface area contributed by atoms with Crippen molar-refractivity contribution >= 4 is 0 Å². The Labute approximate surface area is 113 Å². The van der Waals surface area contributed by atoms with E-state index in [1.807, 2.05) is 25.3 Å². The van der Waals surface area contributed by atoms with Crippen molar-refractivity contribution < 1.29 is 9.52 Å². The van der Waals surface area contributed by atoms with Gasteiger partial charge < -0.3 is 14.8 Å². The normalized spacial score (nSPS) is 11.1. The topological polar surface area (TPSA) is 74.1 Å². The van der Waals surface area contributed by atoms with Crippen molar-refractivity contribution in [1.82, 2.24) is 15.5 Å². The summed E-state index contributed by atoms with van der Waals surface area (Å²) in [4.78, 5) is 0. The molecule has 2 rings (SSSR count). The molecule has 0 saturated carbocycles. The summed E-state index contributed by atoms with van der Waals surface area (Å²) in [6.45, 7) is 3.93. The highest BCUT2D eigenvalue weighted by Gasteiger charge is 2.10. The lowest BCUT2D eigenvalue weighted by molar-refractivity contribution is 0.283. The second-order valence-corrected chi connectivity index (χ2v) is 4.64. The molecule has 2 aromatic rings. The van der Waals surface area contributed by atoms with Crippen molar-refractivity contribution in [2.75, 3.05) is 13.2 Å². The average molecular weight is 263 g/mol. The number of aromatic nitrogens is 2. The Morgan fingerprint density at radius 2 is 2.21 bits per heavy atom. The molecule has 2 heterocycles. The second kappa shape index (κ2) is 7.11. The van der Waals surface area contributed by atoms with E-state index >= 15 is 0 Å². The minimum Gasteiger partial charge on any atom is -0.460 e. The smallest absolute Gasteiger partial charge is 0.152 e. The van der Waals surface area contributed by atoms with Crippen molar-refractivity contribution in [2.24, 2.45) is 0 Å². The second-order valence-electron chi connectivity index (χ2n) is 4.64. The molecular weight excluding hydrogens is 242 g/mol. The summed E-state index contributed by atoms with van der Waals surface area (Å²) in [6, 6.07) is 3.90. The molecule has 0 saturated heterocycles. The lowest BCUT2D eigenvalue weighted by atomic mass is 10.2. The van der Waals surface area contributed by atoms with Gasteiger partial charge in [-0.25, -0.2) is 0 Å². The molecule has 2 aromatic heterocycles. The van der Waals surface area contributed by atoms with E-state index in [1.54, 1.807) is 0 Å². The van der Waals surface area contributed by atoms with Gasteiger partial charge in [-0.1, -0.05) is 0 Å². The first-order chi connectivity index (χ1) is 9.31. The van der Waals surface area contributed by atoms with Crippen LogP contribution in [-0.2, 0) is 6.54 Å². The third kappa shape index (κ3) is 3.94. The maximum Gasteiger partial charge on any atom is 0.152 e. The summed E-state index contributed by atoms with van der Waals surface area (Å²) in [5.74, 6) is 1.72. The third-order valence-corrected chi connectivity index (χ3v) is 3.03. The molecule has 5 nitrogen and oxygen atoms in total. The zero-order valence-electron chi connectivity index (χ0n) is 11.3. The number of furan rings is 1. The Morgan fingerprint density at radius 3 is 2.95 bits per heavy atom. The molecule has 0 radical (unpaired) electrons. The van der Waals surface area contributed by atoms with E-state index in [4.69, 9.17) is 9.52 Å². The molecule has 5 heteroatoms. The number of aliphatic hydroxyl groups excluding tert-OH is 1. The van der Waals surface area contributed by atoms with Gasteiger partial charge >= 0.3 is 0 Å². The molecule has 0 aliphatic heterocycles. The van der Waals surface area contributed by atoms with E-state index in [0.717, 1.165) is 55.1 Å². The Morgan fingerprint density at radius 1 is 1.32 bits per heavy atom. The van der Waals surface area contributed by atoms with Crippen LogP contribution in [-0.4, -0.2) is 28.5 Å². The van der Waals surface area contributed by atoms with Crippen LogP contribution >= 0.6 is 0 Å². The number of unbranched alkanes of at least 4 members (excludes halogenated alkanes) is 2. The number of nitrogens with one attached hydrogen (secondary N) is 2. The largest absolute Gasteiger partial charge is 0.460 e. The maximum absolute atomic E-state index is 8.69. The summed E-state index contributed by atoms with van der Waals surface area (Å²) in [5, 5.41) is 19.1. The minimum atomic E-state index is 0.281. The highest BCUT2D eigenvalue weighted by Crippen LogP contribution is 2.23. The molecule has 0 fully saturated rings. The van der Waals surface area contributed by atoms with Crippen molar-refractivity contribution in [3.63, 3.8) is 0 Å². The van der Waals surface area contributed by atoms with E-state index in [-0.39, 0.29) is 6.61 Å². The maximum atomic E-state index is 8.69. The number of aryl methyl sites for hydroxylation is 1. The lowest BCUT2D eigenvalue weighted by Crippen LogP contribution is -2.14. The van der Waals surface area contributed by atoms with E-state index in [1.165, 1.54) is 0 Å². The Bertz CT molecular complexity index is 490. The predicted octanol–water partition coefficient (Wildman–Crippen LogP) is 2.23. The number of nitrogens with zero attached hydrogens (tertiary/aromatic N) is 1. The number of H-pyrrole nitrogens is 1.